The van der Waals surface area contributed by atoms with Crippen LogP contribution in [0.2, 0.25) is 0 Å². The number of Topliss-reactive ketones (excluding diaryl/α,β-unsaturated/α-hetero) is 2. The minimum absolute atomic E-state index is 0.441. The fraction of sp³-hybridized carbons (Fsp3) is 0. The average molecular weight is 293 g/mol. The van der Waals surface area contributed by atoms with Crippen LogP contribution < -0.4 is 10.4 Å². The Balaban J connectivity index is 0.000000353. The van der Waals surface area contributed by atoms with E-state index in [4.69, 9.17) is 22.1 Å². The molecular weight excluding hydrogens is 284 g/mol. The summed E-state index contributed by atoms with van der Waals surface area (Å²) in [4.78, 5) is 25.9. The van der Waals surface area contributed by atoms with Crippen molar-refractivity contribution in [3.05, 3.63) is 73.3 Å². The first-order valence-corrected chi connectivity index (χ1v) is 5.87. The number of hydrogen-bond donors (Lipinski definition) is 1. The van der Waals surface area contributed by atoms with Crippen LogP contribution in [0.5, 0.6) is 0 Å². The van der Waals surface area contributed by atoms with Crippen molar-refractivity contribution in [1.29, 1.82) is 5.53 Å². The van der Waals surface area contributed by atoms with Gasteiger partial charge in [-0.2, -0.15) is 0 Å². The van der Waals surface area contributed by atoms with Gasteiger partial charge in [0.1, 0.15) is 0 Å². The summed E-state index contributed by atoms with van der Waals surface area (Å²) in [7, 11) is 0. The van der Waals surface area contributed by atoms with Gasteiger partial charge < -0.3 is 11.1 Å². The predicted molar refractivity (Wildman–Crippen MR) is 81.7 cm³/mol. The van der Waals surface area contributed by atoms with Crippen LogP contribution in [-0.4, -0.2) is 11.6 Å². The maximum Gasteiger partial charge on any atom is 0.226 e. The second-order valence-corrected chi connectivity index (χ2v) is 4.00. The van der Waals surface area contributed by atoms with Gasteiger partial charge in [-0.15, -0.1) is 5.53 Å². The lowest BCUT2D eigenvalue weighted by Gasteiger charge is -2.02. The van der Waals surface area contributed by atoms with E-state index in [2.05, 4.69) is 0 Å². The SMILES string of the molecule is O=C1C=c2ccc3ccccc3c2=CC1=O.[N-]=[N+]=N.[N-]=[N+]=[N-]. The predicted octanol–water partition coefficient (Wildman–Crippen LogP) is 2.29. The van der Waals surface area contributed by atoms with E-state index in [-0.39, 0.29) is 0 Å². The molecule has 0 saturated carbocycles. The molecule has 0 heterocycles. The van der Waals surface area contributed by atoms with Crippen LogP contribution in [0.15, 0.2) is 36.4 Å². The van der Waals surface area contributed by atoms with Gasteiger partial charge in [-0.3, -0.25) is 14.5 Å². The third-order valence-corrected chi connectivity index (χ3v) is 2.81. The Morgan fingerprint density at radius 2 is 1.41 bits per heavy atom. The highest BCUT2D eigenvalue weighted by molar-refractivity contribution is 6.57. The first kappa shape index (κ1) is 16.5. The van der Waals surface area contributed by atoms with Crippen molar-refractivity contribution in [2.45, 2.75) is 0 Å². The Kier molecular flexibility index (Phi) is 5.88. The molecule has 2 aromatic carbocycles. The Hall–Kier alpha value is -3.60. The monoisotopic (exact) mass is 293 g/mol. The van der Waals surface area contributed by atoms with Gasteiger partial charge in [0.15, 0.2) is 0 Å². The number of nitrogens with zero attached hydrogens (tertiary/aromatic N) is 5. The van der Waals surface area contributed by atoms with Gasteiger partial charge in [0.2, 0.25) is 11.6 Å². The van der Waals surface area contributed by atoms with E-state index >= 15 is 0 Å². The van der Waals surface area contributed by atoms with E-state index in [0.29, 0.717) is 0 Å². The Morgan fingerprint density at radius 3 is 2.05 bits per heavy atom. The standard InChI is InChI=1S/C14H8O2.HN3.N3/c15-13-7-10-6-5-9-3-1-2-4-11(9)12(10)8-14(13)16;2*1-3-2/h1-8H;1H;/q;;-1. The molecule has 0 atom stereocenters. The van der Waals surface area contributed by atoms with Crippen LogP contribution >= 0.6 is 0 Å². The number of carbonyl (C=O) groups excluding carboxylic acids is 2. The normalized spacial score (nSPS) is 11.1. The molecule has 0 bridgehead atoms. The molecule has 8 nitrogen and oxygen atoms in total. The minimum atomic E-state index is -0.442. The number of hydrogen-bond acceptors (Lipinski definition) is 3. The van der Waals surface area contributed by atoms with Crippen LogP contribution in [0, 0.1) is 5.53 Å². The van der Waals surface area contributed by atoms with Crippen LogP contribution in [0.4, 0.5) is 0 Å². The summed E-state index contributed by atoms with van der Waals surface area (Å²) in [5.41, 5.74) is 25.8. The van der Waals surface area contributed by atoms with Gasteiger partial charge in [0, 0.05) is 0 Å². The van der Waals surface area contributed by atoms with E-state index in [9.17, 15) is 9.59 Å². The fourth-order valence-corrected chi connectivity index (χ4v) is 2.01. The summed E-state index contributed by atoms with van der Waals surface area (Å²) in [5.74, 6) is -0.883. The zero-order chi connectivity index (χ0) is 16.5. The van der Waals surface area contributed by atoms with E-state index in [1.54, 1.807) is 4.91 Å². The zero-order valence-corrected chi connectivity index (χ0v) is 11.2. The quantitative estimate of drug-likeness (QED) is 0.342. The topological polar surface area (TPSA) is 153 Å². The Morgan fingerprint density at radius 1 is 0.864 bits per heavy atom. The summed E-state index contributed by atoms with van der Waals surface area (Å²) in [6, 6.07) is 11.7. The molecule has 0 spiro atoms. The summed E-state index contributed by atoms with van der Waals surface area (Å²) in [6.45, 7) is 0. The molecule has 1 aliphatic rings. The van der Waals surface area contributed by atoms with Crippen molar-refractivity contribution in [2.75, 3.05) is 0 Å². The second-order valence-electron chi connectivity index (χ2n) is 4.00. The molecule has 0 aliphatic heterocycles. The highest BCUT2D eigenvalue weighted by Crippen LogP contribution is 2.07. The van der Waals surface area contributed by atoms with Crippen LogP contribution in [0.25, 0.3) is 49.3 Å². The lowest BCUT2D eigenvalue weighted by Crippen LogP contribution is -2.33. The van der Waals surface area contributed by atoms with Crippen molar-refractivity contribution >= 4 is 34.5 Å². The van der Waals surface area contributed by atoms with Crippen LogP contribution in [0.3, 0.4) is 0 Å². The molecule has 3 rings (SSSR count). The molecule has 0 unspecified atom stereocenters. The summed E-state index contributed by atoms with van der Waals surface area (Å²) in [6.07, 6.45) is 2.84. The highest BCUT2D eigenvalue weighted by Gasteiger charge is 2.12. The zero-order valence-electron chi connectivity index (χ0n) is 11.2. The number of ketones is 2. The lowest BCUT2D eigenvalue weighted by molar-refractivity contribution is -0.129. The molecule has 8 heteroatoms. The molecule has 0 fully saturated rings. The van der Waals surface area contributed by atoms with E-state index in [0.717, 1.165) is 21.2 Å². The molecule has 2 aromatic rings. The van der Waals surface area contributed by atoms with Crippen molar-refractivity contribution < 1.29 is 9.59 Å². The molecule has 0 radical (unpaired) electrons. The van der Waals surface area contributed by atoms with Gasteiger partial charge in [-0.1, -0.05) is 36.4 Å². The van der Waals surface area contributed by atoms with Gasteiger partial charge in [0.25, 0.3) is 0 Å². The Labute approximate surface area is 123 Å². The second kappa shape index (κ2) is 7.86. The number of benzene rings is 2. The average Bonchev–Trinajstić information content (AvgIpc) is 2.50. The van der Waals surface area contributed by atoms with E-state index in [1.165, 1.54) is 17.1 Å². The number of nitrogens with one attached hydrogen (secondary N) is 1. The van der Waals surface area contributed by atoms with Crippen LogP contribution in [0.1, 0.15) is 0 Å². The third-order valence-electron chi connectivity index (χ3n) is 2.81. The van der Waals surface area contributed by atoms with Gasteiger partial charge >= 0.3 is 0 Å². The number of carbonyl (C=O) groups is 2. The Bertz CT molecular complexity index is 908. The lowest BCUT2D eigenvalue weighted by atomic mass is 10.0. The van der Waals surface area contributed by atoms with Crippen LogP contribution in [-0.2, 0) is 9.59 Å². The van der Waals surface area contributed by atoms with Gasteiger partial charge in [0.05, 0.1) is 0 Å². The maximum atomic E-state index is 11.4. The van der Waals surface area contributed by atoms with E-state index in [1.807, 2.05) is 36.4 Å². The minimum Gasteiger partial charge on any atom is -0.373 e. The molecule has 0 amide bonds. The van der Waals surface area contributed by atoms with Gasteiger partial charge in [-0.25, -0.2) is 0 Å². The smallest absolute Gasteiger partial charge is 0.226 e. The van der Waals surface area contributed by atoms with Crippen molar-refractivity contribution in [3.8, 4) is 0 Å². The molecule has 108 valence electrons. The fourth-order valence-electron chi connectivity index (χ4n) is 2.01. The number of rotatable bonds is 0. The molecule has 0 aromatic heterocycles. The summed E-state index contributed by atoms with van der Waals surface area (Å²) < 4.78 is 0. The first-order valence-electron chi connectivity index (χ1n) is 5.87. The number of fused-ring (bicyclic) bond motifs is 3. The molecule has 1 aliphatic carbocycles. The van der Waals surface area contributed by atoms with E-state index < -0.39 is 11.6 Å². The molecule has 22 heavy (non-hydrogen) atoms. The van der Waals surface area contributed by atoms with Crippen molar-refractivity contribution in [2.24, 2.45) is 0 Å². The van der Waals surface area contributed by atoms with Gasteiger partial charge in [-0.05, 0) is 43.8 Å². The molecule has 0 saturated heterocycles. The third kappa shape index (κ3) is 3.71. The first-order chi connectivity index (χ1) is 10.6. The molecule has 1 N–H and O–H groups in total. The highest BCUT2D eigenvalue weighted by atomic mass is 16.2. The molecular formula is C14H9N6O2-. The summed E-state index contributed by atoms with van der Waals surface area (Å²) in [5, 5.41) is 3.76. The maximum absolute atomic E-state index is 11.4. The summed E-state index contributed by atoms with van der Waals surface area (Å²) >= 11 is 0. The van der Waals surface area contributed by atoms with Crippen molar-refractivity contribution in [3.63, 3.8) is 0 Å². The largest absolute Gasteiger partial charge is 0.373 e. The van der Waals surface area contributed by atoms with Crippen molar-refractivity contribution in [1.82, 2.24) is 0 Å².